The molecule has 1 saturated carbocycles. The molecule has 1 aliphatic rings. The van der Waals surface area contributed by atoms with Crippen LogP contribution in [0, 0.1) is 0 Å². The maximum absolute atomic E-state index is 12.4. The Balaban J connectivity index is 2.39. The van der Waals surface area contributed by atoms with E-state index in [1.165, 1.54) is 6.07 Å². The summed E-state index contributed by atoms with van der Waals surface area (Å²) >= 11 is 5.90. The summed E-state index contributed by atoms with van der Waals surface area (Å²) in [5, 5.41) is 0.423. The first-order chi connectivity index (χ1) is 8.91. The van der Waals surface area contributed by atoms with Crippen molar-refractivity contribution in [2.75, 3.05) is 0 Å². The summed E-state index contributed by atoms with van der Waals surface area (Å²) in [6, 6.07) is 4.80. The number of carbonyl (C=O) groups is 1. The molecule has 2 aromatic rings. The van der Waals surface area contributed by atoms with Crippen molar-refractivity contribution in [1.82, 2.24) is 4.98 Å². The number of nitrogens with two attached hydrogens (primary N) is 1. The molecule has 1 aromatic carbocycles. The van der Waals surface area contributed by atoms with Crippen LogP contribution < -0.4 is 5.73 Å². The number of carbonyl (C=O) groups excluding carboxylic acids is 1. The SMILES string of the molecule is NC(=O)c1[nH]c2ccc(Cl)cc2c1S(=O)(=O)C1CC1. The molecule has 5 nitrogen and oxygen atoms in total. The van der Waals surface area contributed by atoms with Gasteiger partial charge in [0.05, 0.1) is 5.25 Å². The zero-order valence-electron chi connectivity index (χ0n) is 9.81. The lowest BCUT2D eigenvalue weighted by Gasteiger charge is -2.03. The van der Waals surface area contributed by atoms with E-state index in [1.54, 1.807) is 12.1 Å². The van der Waals surface area contributed by atoms with E-state index in [1.807, 2.05) is 0 Å². The number of rotatable bonds is 3. The van der Waals surface area contributed by atoms with Gasteiger partial charge in [0.15, 0.2) is 9.84 Å². The molecule has 100 valence electrons. The van der Waals surface area contributed by atoms with Crippen molar-refractivity contribution in [2.45, 2.75) is 23.0 Å². The van der Waals surface area contributed by atoms with E-state index in [4.69, 9.17) is 17.3 Å². The topological polar surface area (TPSA) is 93.0 Å². The number of benzene rings is 1. The van der Waals surface area contributed by atoms with Gasteiger partial charge in [0, 0.05) is 15.9 Å². The van der Waals surface area contributed by atoms with Gasteiger partial charge in [-0.1, -0.05) is 11.6 Å². The molecule has 0 bridgehead atoms. The van der Waals surface area contributed by atoms with Crippen LogP contribution in [-0.4, -0.2) is 24.6 Å². The summed E-state index contributed by atoms with van der Waals surface area (Å²) in [4.78, 5) is 14.2. The molecular weight excluding hydrogens is 288 g/mol. The molecule has 1 aliphatic carbocycles. The van der Waals surface area contributed by atoms with Gasteiger partial charge < -0.3 is 10.7 Å². The number of primary amides is 1. The largest absolute Gasteiger partial charge is 0.364 e. The molecule has 1 amide bonds. The summed E-state index contributed by atoms with van der Waals surface area (Å²) in [5.74, 6) is -0.786. The minimum absolute atomic E-state index is 0.0139. The summed E-state index contributed by atoms with van der Waals surface area (Å²) in [6.07, 6.45) is 1.24. The highest BCUT2D eigenvalue weighted by Crippen LogP contribution is 2.38. The van der Waals surface area contributed by atoms with Gasteiger partial charge in [0.25, 0.3) is 5.91 Å². The first-order valence-electron chi connectivity index (χ1n) is 5.76. The van der Waals surface area contributed by atoms with Crippen molar-refractivity contribution < 1.29 is 13.2 Å². The summed E-state index contributed by atoms with van der Waals surface area (Å²) in [5.41, 5.74) is 5.74. The molecule has 0 radical (unpaired) electrons. The lowest BCUT2D eigenvalue weighted by molar-refractivity contribution is 0.0993. The van der Waals surface area contributed by atoms with Gasteiger partial charge in [0.1, 0.15) is 10.6 Å². The molecule has 0 aliphatic heterocycles. The van der Waals surface area contributed by atoms with Crippen LogP contribution in [0.25, 0.3) is 10.9 Å². The maximum Gasteiger partial charge on any atom is 0.266 e. The fourth-order valence-electron chi connectivity index (χ4n) is 2.15. The average molecular weight is 299 g/mol. The number of halogens is 1. The molecule has 0 unspecified atom stereocenters. The normalized spacial score (nSPS) is 15.8. The van der Waals surface area contributed by atoms with Crippen LogP contribution in [-0.2, 0) is 9.84 Å². The molecule has 1 heterocycles. The number of amides is 1. The van der Waals surface area contributed by atoms with Crippen molar-refractivity contribution in [2.24, 2.45) is 5.73 Å². The molecule has 1 fully saturated rings. The Morgan fingerprint density at radius 1 is 1.37 bits per heavy atom. The monoisotopic (exact) mass is 298 g/mol. The van der Waals surface area contributed by atoms with Gasteiger partial charge >= 0.3 is 0 Å². The molecule has 0 atom stereocenters. The minimum Gasteiger partial charge on any atom is -0.364 e. The van der Waals surface area contributed by atoms with Gasteiger partial charge in [0.2, 0.25) is 0 Å². The number of fused-ring (bicyclic) bond motifs is 1. The van der Waals surface area contributed by atoms with E-state index >= 15 is 0 Å². The fraction of sp³-hybridized carbons (Fsp3) is 0.250. The average Bonchev–Trinajstić information content (AvgIpc) is 3.10. The molecule has 7 heteroatoms. The number of H-pyrrole nitrogens is 1. The zero-order chi connectivity index (χ0) is 13.8. The van der Waals surface area contributed by atoms with Gasteiger partial charge in [-0.05, 0) is 31.0 Å². The van der Waals surface area contributed by atoms with Crippen molar-refractivity contribution in [3.8, 4) is 0 Å². The number of hydrogen-bond donors (Lipinski definition) is 2. The van der Waals surface area contributed by atoms with Crippen molar-refractivity contribution in [3.05, 3.63) is 28.9 Å². The second-order valence-corrected chi connectivity index (χ2v) is 7.23. The minimum atomic E-state index is -3.53. The number of aromatic nitrogens is 1. The van der Waals surface area contributed by atoms with Gasteiger partial charge in [-0.2, -0.15) is 0 Å². The predicted molar refractivity (Wildman–Crippen MR) is 72.0 cm³/mol. The Bertz CT molecular complexity index is 791. The molecule has 3 rings (SSSR count). The molecule has 0 spiro atoms. The lowest BCUT2D eigenvalue weighted by Crippen LogP contribution is -2.17. The predicted octanol–water partition coefficient (Wildman–Crippen LogP) is 1.86. The van der Waals surface area contributed by atoms with E-state index in [9.17, 15) is 13.2 Å². The van der Waals surface area contributed by atoms with Crippen LogP contribution in [0.1, 0.15) is 23.3 Å². The van der Waals surface area contributed by atoms with E-state index in [2.05, 4.69) is 4.98 Å². The Hall–Kier alpha value is -1.53. The molecule has 3 N–H and O–H groups in total. The lowest BCUT2D eigenvalue weighted by atomic mass is 10.2. The highest BCUT2D eigenvalue weighted by molar-refractivity contribution is 7.92. The summed E-state index contributed by atoms with van der Waals surface area (Å²) in [6.45, 7) is 0. The maximum atomic E-state index is 12.4. The van der Waals surface area contributed by atoms with E-state index < -0.39 is 21.0 Å². The van der Waals surface area contributed by atoms with Crippen molar-refractivity contribution >= 4 is 38.2 Å². The van der Waals surface area contributed by atoms with Crippen molar-refractivity contribution in [3.63, 3.8) is 0 Å². The van der Waals surface area contributed by atoms with Crippen LogP contribution in [0.4, 0.5) is 0 Å². The number of sulfone groups is 1. The Morgan fingerprint density at radius 3 is 2.63 bits per heavy atom. The van der Waals surface area contributed by atoms with Crippen LogP contribution in [0.3, 0.4) is 0 Å². The quantitative estimate of drug-likeness (QED) is 0.905. The zero-order valence-corrected chi connectivity index (χ0v) is 11.4. The third-order valence-corrected chi connectivity index (χ3v) is 5.78. The Kier molecular flexibility index (Phi) is 2.62. The summed E-state index contributed by atoms with van der Waals surface area (Å²) < 4.78 is 24.9. The standard InChI is InChI=1S/C12H11ClN2O3S/c13-6-1-4-9-8(5-6)11(10(15-9)12(14)16)19(17,18)7-2-3-7/h1,4-5,7,15H,2-3H2,(H2,14,16). The first-order valence-corrected chi connectivity index (χ1v) is 7.68. The van der Waals surface area contributed by atoms with Gasteiger partial charge in [-0.25, -0.2) is 8.42 Å². The van der Waals surface area contributed by atoms with Crippen LogP contribution >= 0.6 is 11.6 Å². The number of nitrogens with one attached hydrogen (secondary N) is 1. The number of aromatic amines is 1. The number of hydrogen-bond acceptors (Lipinski definition) is 3. The van der Waals surface area contributed by atoms with Gasteiger partial charge in [-0.3, -0.25) is 4.79 Å². The van der Waals surface area contributed by atoms with Crippen LogP contribution in [0.2, 0.25) is 5.02 Å². The van der Waals surface area contributed by atoms with E-state index in [-0.39, 0.29) is 10.6 Å². The molecular formula is C12H11ClN2O3S. The van der Waals surface area contributed by atoms with E-state index in [0.29, 0.717) is 28.8 Å². The molecule has 0 saturated heterocycles. The second kappa shape index (κ2) is 3.98. The third-order valence-electron chi connectivity index (χ3n) is 3.21. The highest BCUT2D eigenvalue weighted by Gasteiger charge is 2.40. The first kappa shape index (κ1) is 12.5. The second-order valence-electron chi connectivity index (χ2n) is 4.63. The highest BCUT2D eigenvalue weighted by atomic mass is 35.5. The van der Waals surface area contributed by atoms with Crippen LogP contribution in [0.5, 0.6) is 0 Å². The van der Waals surface area contributed by atoms with E-state index in [0.717, 1.165) is 0 Å². The molecule has 19 heavy (non-hydrogen) atoms. The fourth-order valence-corrected chi connectivity index (χ4v) is 4.33. The summed E-state index contributed by atoms with van der Waals surface area (Å²) in [7, 11) is -3.53. The smallest absolute Gasteiger partial charge is 0.266 e. The third kappa shape index (κ3) is 1.91. The van der Waals surface area contributed by atoms with Crippen LogP contribution in [0.15, 0.2) is 23.1 Å². The Morgan fingerprint density at radius 2 is 2.05 bits per heavy atom. The Labute approximate surface area is 114 Å². The van der Waals surface area contributed by atoms with Crippen molar-refractivity contribution in [1.29, 1.82) is 0 Å². The van der Waals surface area contributed by atoms with Gasteiger partial charge in [-0.15, -0.1) is 0 Å². The molecule has 1 aromatic heterocycles.